The van der Waals surface area contributed by atoms with Crippen LogP contribution in [0.1, 0.15) is 29.7 Å². The molecule has 8 heteroatoms. The number of amides is 4. The number of piperazine rings is 1. The van der Waals surface area contributed by atoms with E-state index in [-0.39, 0.29) is 43.8 Å². The number of imide groups is 1. The molecular weight excluding hydrogens is 514 g/mol. The van der Waals surface area contributed by atoms with E-state index in [1.165, 1.54) is 4.90 Å². The van der Waals surface area contributed by atoms with Gasteiger partial charge in [-0.25, -0.2) is 0 Å². The van der Waals surface area contributed by atoms with Gasteiger partial charge in [0, 0.05) is 24.5 Å². The van der Waals surface area contributed by atoms with E-state index in [1.807, 2.05) is 60.7 Å². The van der Waals surface area contributed by atoms with E-state index in [0.717, 1.165) is 11.1 Å². The molecule has 0 spiro atoms. The maximum Gasteiger partial charge on any atom is 0.250 e. The van der Waals surface area contributed by atoms with Gasteiger partial charge in [0.05, 0.1) is 17.9 Å². The first-order valence-corrected chi connectivity index (χ1v) is 13.5. The Morgan fingerprint density at radius 1 is 0.821 bits per heavy atom. The van der Waals surface area contributed by atoms with Crippen LogP contribution in [0.2, 0.25) is 5.02 Å². The van der Waals surface area contributed by atoms with Crippen molar-refractivity contribution in [3.8, 4) is 0 Å². The Balaban J connectivity index is 1.56. The molecule has 3 aliphatic heterocycles. The van der Waals surface area contributed by atoms with Crippen LogP contribution < -0.4 is 0 Å². The van der Waals surface area contributed by atoms with Crippen molar-refractivity contribution in [2.75, 3.05) is 13.1 Å². The minimum absolute atomic E-state index is 0.130. The number of benzene rings is 3. The normalized spacial score (nSPS) is 26.3. The molecule has 3 aromatic rings. The number of hydrogen-bond acceptors (Lipinski definition) is 4. The molecule has 39 heavy (non-hydrogen) atoms. The molecule has 0 unspecified atom stereocenters. The summed E-state index contributed by atoms with van der Waals surface area (Å²) in [5, 5.41) is 0.517. The molecular formula is C31H28ClN3O4. The highest BCUT2D eigenvalue weighted by molar-refractivity contribution is 6.30. The predicted molar refractivity (Wildman–Crippen MR) is 145 cm³/mol. The van der Waals surface area contributed by atoms with Crippen molar-refractivity contribution in [3.63, 3.8) is 0 Å². The molecule has 7 nitrogen and oxygen atoms in total. The van der Waals surface area contributed by atoms with Gasteiger partial charge in [0.2, 0.25) is 17.7 Å². The topological polar surface area (TPSA) is 78.0 Å². The number of carbonyl (C=O) groups excluding carboxylic acids is 4. The van der Waals surface area contributed by atoms with Crippen LogP contribution in [-0.2, 0) is 32.1 Å². The standard InChI is InChI=1S/C31H28ClN3O4/c1-2-34-28(37)25-26(29(34)38)31(17-20-9-5-3-6-10-20)30(39)33(18-21-11-7-4-8-12-21)19-24(36)35(31)27(25)22-13-15-23(32)16-14-22/h3-16,25-27H,2,17-19H2,1H3/t25-,26-,27-,31-/m1/s1. The van der Waals surface area contributed by atoms with Gasteiger partial charge in [-0.2, -0.15) is 0 Å². The minimum atomic E-state index is -1.54. The summed E-state index contributed by atoms with van der Waals surface area (Å²) in [6.07, 6.45) is 0.130. The van der Waals surface area contributed by atoms with Gasteiger partial charge in [-0.1, -0.05) is 84.4 Å². The highest BCUT2D eigenvalue weighted by atomic mass is 35.5. The third kappa shape index (κ3) is 3.87. The molecule has 198 valence electrons. The third-order valence-corrected chi connectivity index (χ3v) is 8.57. The van der Waals surface area contributed by atoms with Crippen molar-refractivity contribution in [3.05, 3.63) is 107 Å². The number of rotatable bonds is 6. The smallest absolute Gasteiger partial charge is 0.250 e. The van der Waals surface area contributed by atoms with Gasteiger partial charge in [-0.15, -0.1) is 0 Å². The molecule has 3 heterocycles. The predicted octanol–water partition coefficient (Wildman–Crippen LogP) is 3.87. The molecule has 6 rings (SSSR count). The molecule has 0 radical (unpaired) electrons. The lowest BCUT2D eigenvalue weighted by Crippen LogP contribution is -2.69. The summed E-state index contributed by atoms with van der Waals surface area (Å²) in [4.78, 5) is 61.1. The van der Waals surface area contributed by atoms with E-state index in [4.69, 9.17) is 11.6 Å². The Bertz CT molecular complexity index is 1450. The Labute approximate surface area is 232 Å². The average molecular weight is 542 g/mol. The summed E-state index contributed by atoms with van der Waals surface area (Å²) >= 11 is 6.18. The number of carbonyl (C=O) groups is 4. The zero-order valence-corrected chi connectivity index (χ0v) is 22.3. The molecule has 4 amide bonds. The van der Waals surface area contributed by atoms with E-state index in [1.54, 1.807) is 41.0 Å². The van der Waals surface area contributed by atoms with Crippen molar-refractivity contribution in [1.29, 1.82) is 0 Å². The van der Waals surface area contributed by atoms with Gasteiger partial charge >= 0.3 is 0 Å². The zero-order valence-electron chi connectivity index (χ0n) is 21.5. The molecule has 0 aliphatic carbocycles. The highest BCUT2D eigenvalue weighted by Crippen LogP contribution is 2.58. The van der Waals surface area contributed by atoms with E-state index < -0.39 is 29.3 Å². The van der Waals surface area contributed by atoms with Gasteiger partial charge in [-0.3, -0.25) is 24.1 Å². The average Bonchev–Trinajstić information content (AvgIpc) is 3.39. The van der Waals surface area contributed by atoms with Crippen LogP contribution in [0.3, 0.4) is 0 Å². The number of hydrogen-bond donors (Lipinski definition) is 0. The first kappa shape index (κ1) is 25.3. The van der Waals surface area contributed by atoms with Crippen molar-refractivity contribution in [2.45, 2.75) is 31.5 Å². The fourth-order valence-corrected chi connectivity index (χ4v) is 6.89. The van der Waals surface area contributed by atoms with Gasteiger partial charge in [0.1, 0.15) is 12.1 Å². The molecule has 0 N–H and O–H groups in total. The molecule has 3 fully saturated rings. The van der Waals surface area contributed by atoms with Gasteiger partial charge < -0.3 is 9.80 Å². The van der Waals surface area contributed by atoms with E-state index in [0.29, 0.717) is 10.6 Å². The second-order valence-electron chi connectivity index (χ2n) is 10.4. The SMILES string of the molecule is CCN1C(=O)[C@H]2[C@@H](c3ccc(Cl)cc3)N3C(=O)CN(Cc4ccccc4)C(=O)[C@@]3(Cc3ccccc3)[C@H]2C1=O. The summed E-state index contributed by atoms with van der Waals surface area (Å²) < 4.78 is 0. The summed E-state index contributed by atoms with van der Waals surface area (Å²) in [5.74, 6) is -3.19. The maximum atomic E-state index is 14.7. The van der Waals surface area contributed by atoms with Gasteiger partial charge in [-0.05, 0) is 35.7 Å². The monoisotopic (exact) mass is 541 g/mol. The Morgan fingerprint density at radius 3 is 2.05 bits per heavy atom. The van der Waals surface area contributed by atoms with Gasteiger partial charge in [0.25, 0.3) is 5.91 Å². The van der Waals surface area contributed by atoms with Crippen LogP contribution in [-0.4, -0.2) is 57.0 Å². The van der Waals surface area contributed by atoms with Crippen molar-refractivity contribution in [2.24, 2.45) is 11.8 Å². The fraction of sp³-hybridized carbons (Fsp3) is 0.290. The molecule has 3 aromatic carbocycles. The molecule has 4 atom stereocenters. The van der Waals surface area contributed by atoms with Crippen LogP contribution >= 0.6 is 11.6 Å². The molecule has 3 saturated heterocycles. The summed E-state index contributed by atoms with van der Waals surface area (Å²) in [7, 11) is 0. The lowest BCUT2D eigenvalue weighted by Gasteiger charge is -2.49. The first-order chi connectivity index (χ1) is 18.9. The second kappa shape index (κ2) is 9.65. The second-order valence-corrected chi connectivity index (χ2v) is 10.9. The largest absolute Gasteiger partial charge is 0.327 e. The molecule has 3 aliphatic rings. The molecule has 0 saturated carbocycles. The van der Waals surface area contributed by atoms with Crippen molar-refractivity contribution < 1.29 is 19.2 Å². The lowest BCUT2D eigenvalue weighted by atomic mass is 9.74. The minimum Gasteiger partial charge on any atom is -0.327 e. The van der Waals surface area contributed by atoms with Crippen LogP contribution in [0.25, 0.3) is 0 Å². The van der Waals surface area contributed by atoms with Crippen LogP contribution in [0.4, 0.5) is 0 Å². The summed E-state index contributed by atoms with van der Waals surface area (Å²) in [5.41, 5.74) is 0.837. The van der Waals surface area contributed by atoms with Crippen LogP contribution in [0.15, 0.2) is 84.9 Å². The number of fused-ring (bicyclic) bond motifs is 3. The third-order valence-electron chi connectivity index (χ3n) is 8.32. The van der Waals surface area contributed by atoms with E-state index in [9.17, 15) is 19.2 Å². The van der Waals surface area contributed by atoms with E-state index in [2.05, 4.69) is 0 Å². The Morgan fingerprint density at radius 2 is 1.44 bits per heavy atom. The van der Waals surface area contributed by atoms with Gasteiger partial charge in [0.15, 0.2) is 0 Å². The summed E-state index contributed by atoms with van der Waals surface area (Å²) in [6, 6.07) is 25.1. The summed E-state index contributed by atoms with van der Waals surface area (Å²) in [6.45, 7) is 2.06. The Hall–Kier alpha value is -3.97. The van der Waals surface area contributed by atoms with Crippen LogP contribution in [0, 0.1) is 11.8 Å². The Kier molecular flexibility index (Phi) is 6.26. The molecule has 0 bridgehead atoms. The number of halogens is 1. The number of likely N-dealkylation sites (tertiary alicyclic amines) is 1. The maximum absolute atomic E-state index is 14.7. The van der Waals surface area contributed by atoms with E-state index >= 15 is 0 Å². The number of nitrogens with zero attached hydrogens (tertiary/aromatic N) is 3. The quantitative estimate of drug-likeness (QED) is 0.444. The highest BCUT2D eigenvalue weighted by Gasteiger charge is 2.74. The van der Waals surface area contributed by atoms with Crippen molar-refractivity contribution >= 4 is 35.2 Å². The van der Waals surface area contributed by atoms with Crippen molar-refractivity contribution in [1.82, 2.24) is 14.7 Å². The van der Waals surface area contributed by atoms with Crippen LogP contribution in [0.5, 0.6) is 0 Å². The first-order valence-electron chi connectivity index (χ1n) is 13.2. The zero-order chi connectivity index (χ0) is 27.3. The molecule has 0 aromatic heterocycles. The fourth-order valence-electron chi connectivity index (χ4n) is 6.77. The lowest BCUT2D eigenvalue weighted by molar-refractivity contribution is -0.169.